The van der Waals surface area contributed by atoms with Crippen LogP contribution in [-0.2, 0) is 14.3 Å². The molecule has 226 valence electrons. The number of allylic oxidation sites excluding steroid dienone is 1. The van der Waals surface area contributed by atoms with Crippen LogP contribution in [0.1, 0.15) is 77.0 Å². The van der Waals surface area contributed by atoms with Gasteiger partial charge in [0.2, 0.25) is 0 Å². The summed E-state index contributed by atoms with van der Waals surface area (Å²) in [5.41, 5.74) is 3.11. The lowest BCUT2D eigenvalue weighted by molar-refractivity contribution is -0.147. The summed E-state index contributed by atoms with van der Waals surface area (Å²) in [4.78, 5) is 39.2. The molecular formula is C27H44N4O7S2. The topological polar surface area (TPSA) is 158 Å². The molecule has 1 saturated carbocycles. The van der Waals surface area contributed by atoms with E-state index in [4.69, 9.17) is 9.84 Å². The third kappa shape index (κ3) is 11.8. The van der Waals surface area contributed by atoms with Gasteiger partial charge in [0.15, 0.2) is 0 Å². The Morgan fingerprint density at radius 1 is 1.07 bits per heavy atom. The number of aromatic nitrogens is 2. The number of aliphatic carboxylic acids is 1. The van der Waals surface area contributed by atoms with Crippen LogP contribution < -0.4 is 0 Å². The number of esters is 1. The van der Waals surface area contributed by atoms with Crippen molar-refractivity contribution < 1.29 is 35.8 Å². The van der Waals surface area contributed by atoms with Crippen LogP contribution in [0.15, 0.2) is 33.4 Å². The van der Waals surface area contributed by atoms with Crippen molar-refractivity contribution in [3.8, 4) is 0 Å². The van der Waals surface area contributed by atoms with Crippen LogP contribution in [-0.4, -0.2) is 88.1 Å². The molecule has 0 bridgehead atoms. The number of amides is 1. The summed E-state index contributed by atoms with van der Waals surface area (Å²) >= 11 is 0. The van der Waals surface area contributed by atoms with E-state index in [0.29, 0.717) is 29.1 Å². The average Bonchev–Trinajstić information content (AvgIpc) is 3.41. The third-order valence-electron chi connectivity index (χ3n) is 6.43. The molecule has 11 nitrogen and oxygen atoms in total. The molecule has 1 aliphatic rings. The molecule has 1 fully saturated rings. The molecule has 1 aromatic heterocycles. The van der Waals surface area contributed by atoms with Crippen LogP contribution in [0.5, 0.6) is 0 Å². The average molecular weight is 601 g/mol. The molecule has 0 saturated heterocycles. The number of nitrogens with zero attached hydrogens (tertiary/aromatic N) is 4. The van der Waals surface area contributed by atoms with Gasteiger partial charge in [-0.15, -0.1) is 0 Å². The fourth-order valence-corrected chi connectivity index (χ4v) is 6.08. The summed E-state index contributed by atoms with van der Waals surface area (Å²) in [6, 6.07) is 5.67. The summed E-state index contributed by atoms with van der Waals surface area (Å²) in [6.45, 7) is 4.41. The van der Waals surface area contributed by atoms with Crippen LogP contribution in [0.2, 0.25) is 0 Å². The Hall–Kier alpha value is -2.77. The molecular weight excluding hydrogens is 556 g/mol. The smallest absolute Gasteiger partial charge is 0.306 e. The summed E-state index contributed by atoms with van der Waals surface area (Å²) in [7, 11) is 9.29. The molecule has 0 atom stereocenters. The maximum absolute atomic E-state index is 12.5. The van der Waals surface area contributed by atoms with Crippen molar-refractivity contribution >= 4 is 50.5 Å². The monoisotopic (exact) mass is 600 g/mol. The van der Waals surface area contributed by atoms with Gasteiger partial charge in [-0.1, -0.05) is 47.8 Å². The van der Waals surface area contributed by atoms with Gasteiger partial charge in [0.25, 0.3) is 5.91 Å². The third-order valence-corrected chi connectivity index (χ3v) is 9.15. The zero-order valence-corrected chi connectivity index (χ0v) is 25.6. The summed E-state index contributed by atoms with van der Waals surface area (Å²) in [6.07, 6.45) is 6.33. The van der Waals surface area contributed by atoms with Gasteiger partial charge in [-0.2, -0.15) is 0 Å². The van der Waals surface area contributed by atoms with Crippen LogP contribution in [0, 0.1) is 0 Å². The lowest BCUT2D eigenvalue weighted by Gasteiger charge is -2.31. The van der Waals surface area contributed by atoms with E-state index in [1.807, 2.05) is 37.9 Å². The van der Waals surface area contributed by atoms with Gasteiger partial charge >= 0.3 is 11.9 Å². The van der Waals surface area contributed by atoms with Crippen LogP contribution in [0.3, 0.4) is 0 Å². The number of carboxylic acids is 1. The Morgan fingerprint density at radius 2 is 1.75 bits per heavy atom. The molecule has 40 heavy (non-hydrogen) atoms. The number of fused-ring (bicyclic) bond motifs is 1. The van der Waals surface area contributed by atoms with Crippen LogP contribution in [0.25, 0.3) is 11.0 Å². The summed E-state index contributed by atoms with van der Waals surface area (Å²) in [5, 5.41) is 16.0. The number of carboxylic acid groups (broad SMARTS) is 1. The Balaban J connectivity index is 0.000000744. The van der Waals surface area contributed by atoms with Gasteiger partial charge in [0, 0.05) is 57.0 Å². The van der Waals surface area contributed by atoms with Crippen molar-refractivity contribution in [1.29, 1.82) is 0 Å². The van der Waals surface area contributed by atoms with Crippen molar-refractivity contribution in [2.45, 2.75) is 71.3 Å². The minimum absolute atomic E-state index is 0. The molecule has 0 aliphatic heterocycles. The fraction of sp³-hybridized carbons (Fsp3) is 0.593. The lowest BCUT2D eigenvalue weighted by atomic mass is 9.94. The zero-order chi connectivity index (χ0) is 28.8. The highest BCUT2D eigenvalue weighted by Gasteiger charge is 2.23. The van der Waals surface area contributed by atoms with Gasteiger partial charge in [0.1, 0.15) is 11.0 Å². The highest BCUT2D eigenvalue weighted by atomic mass is 33.1. The summed E-state index contributed by atoms with van der Waals surface area (Å²) < 4.78 is 9.71. The van der Waals surface area contributed by atoms with Gasteiger partial charge in [0.05, 0.1) is 19.4 Å². The quantitative estimate of drug-likeness (QED) is 0.257. The Morgan fingerprint density at radius 3 is 2.38 bits per heavy atom. The van der Waals surface area contributed by atoms with E-state index in [1.165, 1.54) is 24.2 Å². The Labute approximate surface area is 245 Å². The second-order valence-corrected chi connectivity index (χ2v) is 12.1. The normalized spacial score (nSPS) is 13.8. The predicted molar refractivity (Wildman–Crippen MR) is 161 cm³/mol. The van der Waals surface area contributed by atoms with Gasteiger partial charge in [-0.3, -0.25) is 14.4 Å². The molecule has 3 rings (SSSR count). The number of hydrogen-bond donors (Lipinski definition) is 1. The van der Waals surface area contributed by atoms with Crippen molar-refractivity contribution in [3.63, 3.8) is 0 Å². The van der Waals surface area contributed by atoms with Crippen molar-refractivity contribution in [2.24, 2.45) is 0 Å². The molecule has 1 heterocycles. The van der Waals surface area contributed by atoms with E-state index in [0.717, 1.165) is 24.3 Å². The fourth-order valence-electron chi connectivity index (χ4n) is 3.95. The maximum atomic E-state index is 12.5. The molecule has 2 aromatic rings. The first kappa shape index (κ1) is 35.3. The highest BCUT2D eigenvalue weighted by Crippen LogP contribution is 2.34. The first-order valence-corrected chi connectivity index (χ1v) is 15.5. The SMILES string of the molecule is CCSS/C(CCOC(=O)CCC(=O)O)=C(/C)N(C)C.CN(C(=O)c1ccc2nonc2c1)C1CCCCC1.O.[HH]. The van der Waals surface area contributed by atoms with E-state index in [2.05, 4.69) is 21.9 Å². The largest absolute Gasteiger partial charge is 0.481 e. The second-order valence-electron chi connectivity index (χ2n) is 9.43. The van der Waals surface area contributed by atoms with Crippen LogP contribution in [0.4, 0.5) is 0 Å². The van der Waals surface area contributed by atoms with E-state index in [9.17, 15) is 14.4 Å². The van der Waals surface area contributed by atoms with E-state index >= 15 is 0 Å². The highest BCUT2D eigenvalue weighted by molar-refractivity contribution is 8.78. The van der Waals surface area contributed by atoms with Crippen molar-refractivity contribution in [1.82, 2.24) is 20.1 Å². The molecule has 3 N–H and O–H groups in total. The minimum Gasteiger partial charge on any atom is -0.481 e. The predicted octanol–water partition coefficient (Wildman–Crippen LogP) is 5.03. The zero-order valence-electron chi connectivity index (χ0n) is 24.0. The first-order valence-electron chi connectivity index (χ1n) is 13.2. The van der Waals surface area contributed by atoms with Crippen molar-refractivity contribution in [2.75, 3.05) is 33.5 Å². The minimum atomic E-state index is -0.985. The second kappa shape index (κ2) is 18.6. The molecule has 1 aromatic carbocycles. The Kier molecular flexibility index (Phi) is 16.4. The molecule has 0 unspecified atom stereocenters. The van der Waals surface area contributed by atoms with E-state index in [-0.39, 0.29) is 32.3 Å². The maximum Gasteiger partial charge on any atom is 0.306 e. The molecule has 1 aliphatic carbocycles. The molecule has 1 amide bonds. The number of carbonyl (C=O) groups is 3. The van der Waals surface area contributed by atoms with Gasteiger partial charge in [-0.05, 0) is 48.3 Å². The Bertz CT molecular complexity index is 1120. The number of carbonyl (C=O) groups excluding carboxylic acids is 2. The van der Waals surface area contributed by atoms with Crippen molar-refractivity contribution in [3.05, 3.63) is 34.4 Å². The van der Waals surface area contributed by atoms with Crippen LogP contribution >= 0.6 is 21.6 Å². The number of ether oxygens (including phenoxy) is 1. The number of hydrogen-bond acceptors (Lipinski definition) is 10. The standard InChI is InChI=1S/C14H17N3O2.C13H23NO4S2.H2O.H2/c1-17(11-5-3-2-4-6-11)14(18)10-7-8-12-13(9-10)16-19-15-12;1-5-19-20-11(10(2)14(3)4)8-9-18-13(17)7-6-12(15)16;;/h7-9,11H,2-6H2,1H3;5-9H2,1-4H3,(H,15,16);1H2;1H/b;11-10-;;. The van der Waals surface area contributed by atoms with E-state index in [1.54, 1.807) is 39.8 Å². The van der Waals surface area contributed by atoms with E-state index < -0.39 is 11.9 Å². The number of rotatable bonds is 12. The molecule has 0 spiro atoms. The molecule has 13 heteroatoms. The van der Waals surface area contributed by atoms with Gasteiger partial charge < -0.3 is 25.1 Å². The first-order chi connectivity index (χ1) is 18.6. The summed E-state index contributed by atoms with van der Waals surface area (Å²) in [5.74, 6) is -0.382. The molecule has 0 radical (unpaired) electrons. The van der Waals surface area contributed by atoms with Gasteiger partial charge in [-0.25, -0.2) is 4.63 Å². The number of benzene rings is 1. The lowest BCUT2D eigenvalue weighted by Crippen LogP contribution is -2.38.